The summed E-state index contributed by atoms with van der Waals surface area (Å²) in [7, 11) is 0. The molecule has 0 bridgehead atoms. The van der Waals surface area contributed by atoms with E-state index in [9.17, 15) is 19.2 Å². The molecule has 2 rings (SSSR count). The third-order valence-corrected chi connectivity index (χ3v) is 5.14. The Hall–Kier alpha value is -2.73. The largest absolute Gasteiger partial charge is 0.463 e. The SMILES string of the molecule is CC(=O)OC[C@H]1O[C@@H](Sc2nc(C)cc(C)n2)[C@H](OC(C)=O)[C@@H](OC(C)=O)[C@H]1OC(C)=O. The van der Waals surface area contributed by atoms with Gasteiger partial charge in [0.1, 0.15) is 12.7 Å². The molecule has 0 amide bonds. The number of aryl methyl sites for hydroxylation is 2. The summed E-state index contributed by atoms with van der Waals surface area (Å²) in [4.78, 5) is 55.5. The standard InChI is InChI=1S/C20H26N2O9S/c1-9-7-10(2)22-20(21-9)32-19-18(30-14(6)26)17(29-13(5)25)16(28-12(4)24)15(31-19)8-27-11(3)23/h7,15-19H,8H2,1-6H3/t15-,16+,17+,18-,19+/m1/s1. The fraction of sp³-hybridized carbons (Fsp3) is 0.600. The molecule has 1 saturated heterocycles. The Balaban J connectivity index is 2.47. The zero-order valence-corrected chi connectivity index (χ0v) is 19.5. The summed E-state index contributed by atoms with van der Waals surface area (Å²) in [5.41, 5.74) is 0.466. The van der Waals surface area contributed by atoms with Gasteiger partial charge in [-0.1, -0.05) is 11.8 Å². The van der Waals surface area contributed by atoms with Gasteiger partial charge in [0.15, 0.2) is 28.9 Å². The predicted octanol–water partition coefficient (Wildman–Crippen LogP) is 1.27. The van der Waals surface area contributed by atoms with Crippen molar-refractivity contribution in [2.75, 3.05) is 6.61 Å². The van der Waals surface area contributed by atoms with E-state index in [1.807, 2.05) is 0 Å². The average Bonchev–Trinajstić information content (AvgIpc) is 2.63. The minimum absolute atomic E-state index is 0.289. The lowest BCUT2D eigenvalue weighted by atomic mass is 9.99. The van der Waals surface area contributed by atoms with Crippen LogP contribution in [-0.4, -0.2) is 70.3 Å². The third-order valence-electron chi connectivity index (χ3n) is 4.13. The number of hydrogen-bond acceptors (Lipinski definition) is 12. The summed E-state index contributed by atoms with van der Waals surface area (Å²) in [6, 6.07) is 1.79. The number of aromatic nitrogens is 2. The minimum atomic E-state index is -1.22. The van der Waals surface area contributed by atoms with Crippen molar-refractivity contribution in [2.24, 2.45) is 0 Å². The van der Waals surface area contributed by atoms with Gasteiger partial charge in [0.05, 0.1) is 0 Å². The lowest BCUT2D eigenvalue weighted by molar-refractivity contribution is -0.237. The molecular weight excluding hydrogens is 444 g/mol. The van der Waals surface area contributed by atoms with Crippen LogP contribution >= 0.6 is 11.8 Å². The molecular formula is C20H26N2O9S. The number of nitrogens with zero attached hydrogens (tertiary/aromatic N) is 2. The molecule has 1 aliphatic heterocycles. The molecule has 2 heterocycles. The quantitative estimate of drug-likeness (QED) is 0.322. The van der Waals surface area contributed by atoms with Crippen LogP contribution in [0, 0.1) is 13.8 Å². The molecule has 1 aromatic rings. The van der Waals surface area contributed by atoms with Crippen molar-refractivity contribution in [3.8, 4) is 0 Å². The highest BCUT2D eigenvalue weighted by atomic mass is 32.2. The Labute approximate surface area is 189 Å². The van der Waals surface area contributed by atoms with Crippen LogP contribution in [0.5, 0.6) is 0 Å². The molecule has 5 atom stereocenters. The van der Waals surface area contributed by atoms with Crippen molar-refractivity contribution >= 4 is 35.6 Å². The van der Waals surface area contributed by atoms with E-state index in [1.165, 1.54) is 27.7 Å². The molecule has 1 fully saturated rings. The minimum Gasteiger partial charge on any atom is -0.463 e. The molecule has 0 radical (unpaired) electrons. The molecule has 0 N–H and O–H groups in total. The van der Waals surface area contributed by atoms with Crippen molar-refractivity contribution in [2.45, 2.75) is 76.6 Å². The van der Waals surface area contributed by atoms with E-state index in [0.29, 0.717) is 16.5 Å². The zero-order valence-electron chi connectivity index (χ0n) is 18.6. The molecule has 1 aromatic heterocycles. The summed E-state index contributed by atoms with van der Waals surface area (Å²) >= 11 is 1.04. The normalized spacial score (nSPS) is 24.9. The molecule has 12 heteroatoms. The highest BCUT2D eigenvalue weighted by Gasteiger charge is 2.52. The van der Waals surface area contributed by atoms with Gasteiger partial charge in [-0.25, -0.2) is 9.97 Å². The average molecular weight is 471 g/mol. The number of rotatable bonds is 7. The van der Waals surface area contributed by atoms with Crippen molar-refractivity contribution < 1.29 is 42.9 Å². The Kier molecular flexibility index (Phi) is 8.96. The van der Waals surface area contributed by atoms with Crippen LogP contribution in [0.4, 0.5) is 0 Å². The van der Waals surface area contributed by atoms with E-state index in [2.05, 4.69) is 9.97 Å². The van der Waals surface area contributed by atoms with Crippen molar-refractivity contribution in [3.05, 3.63) is 17.5 Å². The molecule has 0 spiro atoms. The van der Waals surface area contributed by atoms with E-state index in [4.69, 9.17) is 23.7 Å². The molecule has 0 saturated carbocycles. The summed E-state index contributed by atoms with van der Waals surface area (Å²) in [5.74, 6) is -2.62. The van der Waals surface area contributed by atoms with Gasteiger partial charge in [-0.3, -0.25) is 19.2 Å². The lowest BCUT2D eigenvalue weighted by Gasteiger charge is -2.43. The second kappa shape index (κ2) is 11.2. The van der Waals surface area contributed by atoms with Crippen LogP contribution in [-0.2, 0) is 42.9 Å². The van der Waals surface area contributed by atoms with Crippen LogP contribution in [0.15, 0.2) is 11.2 Å². The van der Waals surface area contributed by atoms with Gasteiger partial charge in [0.2, 0.25) is 0 Å². The topological polar surface area (TPSA) is 140 Å². The van der Waals surface area contributed by atoms with Gasteiger partial charge in [0, 0.05) is 39.1 Å². The van der Waals surface area contributed by atoms with Gasteiger partial charge in [0.25, 0.3) is 0 Å². The van der Waals surface area contributed by atoms with Crippen molar-refractivity contribution in [3.63, 3.8) is 0 Å². The van der Waals surface area contributed by atoms with Gasteiger partial charge < -0.3 is 23.7 Å². The third kappa shape index (κ3) is 7.45. The van der Waals surface area contributed by atoms with E-state index in [1.54, 1.807) is 19.9 Å². The van der Waals surface area contributed by atoms with Crippen molar-refractivity contribution in [1.29, 1.82) is 0 Å². The fourth-order valence-electron chi connectivity index (χ4n) is 3.13. The molecule has 1 aliphatic rings. The highest BCUT2D eigenvalue weighted by Crippen LogP contribution is 2.36. The Morgan fingerprint density at radius 3 is 1.84 bits per heavy atom. The van der Waals surface area contributed by atoms with Crippen molar-refractivity contribution in [1.82, 2.24) is 9.97 Å². The van der Waals surface area contributed by atoms with E-state index in [0.717, 1.165) is 11.8 Å². The Morgan fingerprint density at radius 2 is 1.34 bits per heavy atom. The summed E-state index contributed by atoms with van der Waals surface area (Å²) in [6.45, 7) is 8.04. The Morgan fingerprint density at radius 1 is 0.844 bits per heavy atom. The smallest absolute Gasteiger partial charge is 0.303 e. The first-order valence-electron chi connectivity index (χ1n) is 9.75. The first-order chi connectivity index (χ1) is 15.0. The molecule has 0 aliphatic carbocycles. The summed E-state index contributed by atoms with van der Waals surface area (Å²) < 4.78 is 27.2. The summed E-state index contributed by atoms with van der Waals surface area (Å²) in [6.07, 6.45) is -4.60. The number of thioether (sulfide) groups is 1. The number of carbonyl (C=O) groups is 4. The fourth-order valence-corrected chi connectivity index (χ4v) is 4.28. The van der Waals surface area contributed by atoms with Gasteiger partial charge in [-0.15, -0.1) is 0 Å². The number of carbonyl (C=O) groups excluding carboxylic acids is 4. The second-order valence-corrected chi connectivity index (χ2v) is 8.18. The number of esters is 4. The van der Waals surface area contributed by atoms with E-state index < -0.39 is 53.7 Å². The zero-order chi connectivity index (χ0) is 24.0. The maximum atomic E-state index is 11.8. The van der Waals surface area contributed by atoms with E-state index >= 15 is 0 Å². The van der Waals surface area contributed by atoms with E-state index in [-0.39, 0.29) is 6.61 Å². The summed E-state index contributed by atoms with van der Waals surface area (Å²) in [5, 5.41) is 0.336. The monoisotopic (exact) mass is 470 g/mol. The van der Waals surface area contributed by atoms with Crippen LogP contribution in [0.1, 0.15) is 39.1 Å². The molecule has 176 valence electrons. The Bertz CT molecular complexity index is 858. The maximum Gasteiger partial charge on any atom is 0.303 e. The number of hydrogen-bond donors (Lipinski definition) is 0. The first-order valence-corrected chi connectivity index (χ1v) is 10.6. The lowest BCUT2D eigenvalue weighted by Crippen LogP contribution is -2.61. The van der Waals surface area contributed by atoms with Gasteiger partial charge >= 0.3 is 23.9 Å². The van der Waals surface area contributed by atoms with Gasteiger partial charge in [-0.2, -0.15) is 0 Å². The molecule has 0 unspecified atom stereocenters. The molecule has 0 aromatic carbocycles. The van der Waals surface area contributed by atoms with Crippen LogP contribution < -0.4 is 0 Å². The first kappa shape index (κ1) is 25.5. The van der Waals surface area contributed by atoms with Crippen LogP contribution in [0.3, 0.4) is 0 Å². The van der Waals surface area contributed by atoms with Gasteiger partial charge in [-0.05, 0) is 19.9 Å². The molecule has 32 heavy (non-hydrogen) atoms. The molecule has 11 nitrogen and oxygen atoms in total. The van der Waals surface area contributed by atoms with Crippen LogP contribution in [0.25, 0.3) is 0 Å². The maximum absolute atomic E-state index is 11.8. The van der Waals surface area contributed by atoms with Crippen LogP contribution in [0.2, 0.25) is 0 Å². The highest BCUT2D eigenvalue weighted by molar-refractivity contribution is 7.99. The second-order valence-electron chi connectivity index (χ2n) is 7.12. The predicted molar refractivity (Wildman–Crippen MR) is 109 cm³/mol. The number of ether oxygens (including phenoxy) is 5.